The lowest BCUT2D eigenvalue weighted by Gasteiger charge is -2.05. The van der Waals surface area contributed by atoms with Gasteiger partial charge in [0, 0.05) is 27.1 Å². The minimum Gasteiger partial charge on any atom is -0.496 e. The molecule has 29 heavy (non-hydrogen) atoms. The number of methoxy groups -OCH3 is 1. The van der Waals surface area contributed by atoms with E-state index >= 15 is 0 Å². The predicted molar refractivity (Wildman–Crippen MR) is 122 cm³/mol. The molecule has 0 unspecified atom stereocenters. The first kappa shape index (κ1) is 21.1. The van der Waals surface area contributed by atoms with E-state index in [1.165, 1.54) is 17.4 Å². The van der Waals surface area contributed by atoms with E-state index in [0.717, 1.165) is 33.5 Å². The third-order valence-electron chi connectivity index (χ3n) is 3.96. The fraction of sp³-hybridized carbons (Fsp3) is 0.182. The summed E-state index contributed by atoms with van der Waals surface area (Å²) in [5.41, 5.74) is 2.59. The topological polar surface area (TPSA) is 60.5 Å². The number of aromatic nitrogens is 1. The van der Waals surface area contributed by atoms with Crippen molar-refractivity contribution in [3.05, 3.63) is 64.0 Å². The van der Waals surface area contributed by atoms with Gasteiger partial charge in [0.05, 0.1) is 19.4 Å². The summed E-state index contributed by atoms with van der Waals surface area (Å²) in [6.45, 7) is 2.77. The molecule has 0 bridgehead atoms. The van der Waals surface area contributed by atoms with E-state index in [2.05, 4.69) is 33.2 Å². The van der Waals surface area contributed by atoms with E-state index in [9.17, 15) is 4.79 Å². The molecule has 5 nitrogen and oxygen atoms in total. The molecule has 0 spiro atoms. The average molecular weight is 473 g/mol. The molecule has 0 aliphatic heterocycles. The highest BCUT2D eigenvalue weighted by Gasteiger charge is 2.07. The summed E-state index contributed by atoms with van der Waals surface area (Å²) in [5.74, 6) is 1.28. The lowest BCUT2D eigenvalue weighted by Crippen LogP contribution is -2.07. The summed E-state index contributed by atoms with van der Waals surface area (Å²) >= 11 is 4.80. The number of hydrogen-bond donors (Lipinski definition) is 1. The first-order valence-electron chi connectivity index (χ1n) is 9.10. The number of carbonyl (C=O) groups is 1. The zero-order chi connectivity index (χ0) is 20.6. The highest BCUT2D eigenvalue weighted by atomic mass is 79.9. The zero-order valence-corrected chi connectivity index (χ0v) is 18.5. The van der Waals surface area contributed by atoms with Crippen LogP contribution in [-0.4, -0.2) is 24.6 Å². The Hall–Kier alpha value is -2.64. The molecular weight excluding hydrogens is 452 g/mol. The van der Waals surface area contributed by atoms with E-state index < -0.39 is 0 Å². The second-order valence-electron chi connectivity index (χ2n) is 6.12. The number of nitrogens with one attached hydrogen (secondary N) is 1. The Bertz CT molecular complexity index is 1000. The van der Waals surface area contributed by atoms with Crippen LogP contribution in [0.25, 0.3) is 17.3 Å². The second-order valence-corrected chi connectivity index (χ2v) is 7.89. The average Bonchev–Trinajstić information content (AvgIpc) is 3.19. The minimum atomic E-state index is -0.253. The molecule has 1 aromatic heterocycles. The van der Waals surface area contributed by atoms with Crippen LogP contribution in [0.2, 0.25) is 0 Å². The van der Waals surface area contributed by atoms with Gasteiger partial charge in [-0.25, -0.2) is 4.98 Å². The number of rotatable bonds is 8. The number of thiazole rings is 1. The number of anilines is 1. The smallest absolute Gasteiger partial charge is 0.250 e. The number of benzene rings is 2. The molecule has 1 heterocycles. The van der Waals surface area contributed by atoms with Crippen LogP contribution in [0.15, 0.2) is 58.4 Å². The summed E-state index contributed by atoms with van der Waals surface area (Å²) in [6, 6.07) is 13.4. The predicted octanol–water partition coefficient (Wildman–Crippen LogP) is 6.02. The Morgan fingerprint density at radius 2 is 2.03 bits per heavy atom. The summed E-state index contributed by atoms with van der Waals surface area (Å²) in [5, 5.41) is 5.26. The number of nitrogens with zero attached hydrogens (tertiary/aromatic N) is 1. The summed E-state index contributed by atoms with van der Waals surface area (Å²) in [4.78, 5) is 16.8. The largest absolute Gasteiger partial charge is 0.496 e. The quantitative estimate of drug-likeness (QED) is 0.407. The van der Waals surface area contributed by atoms with Crippen molar-refractivity contribution in [2.45, 2.75) is 13.3 Å². The maximum absolute atomic E-state index is 12.3. The van der Waals surface area contributed by atoms with Crippen LogP contribution in [-0.2, 0) is 4.79 Å². The molecule has 3 rings (SSSR count). The maximum atomic E-state index is 12.3. The van der Waals surface area contributed by atoms with Crippen LogP contribution >= 0.6 is 27.3 Å². The molecule has 3 aromatic rings. The molecule has 0 aliphatic carbocycles. The molecule has 0 saturated heterocycles. The van der Waals surface area contributed by atoms with Crippen molar-refractivity contribution in [3.63, 3.8) is 0 Å². The first-order chi connectivity index (χ1) is 14.1. The molecule has 0 saturated carbocycles. The molecule has 7 heteroatoms. The van der Waals surface area contributed by atoms with Crippen LogP contribution in [0.5, 0.6) is 11.5 Å². The van der Waals surface area contributed by atoms with Crippen LogP contribution in [0.1, 0.15) is 18.9 Å². The van der Waals surface area contributed by atoms with Crippen molar-refractivity contribution in [1.29, 1.82) is 0 Å². The Labute approximate surface area is 182 Å². The van der Waals surface area contributed by atoms with Gasteiger partial charge in [0.15, 0.2) is 5.13 Å². The molecular formula is C22H21BrN2O3S. The highest BCUT2D eigenvalue weighted by Crippen LogP contribution is 2.27. The molecule has 150 valence electrons. The van der Waals surface area contributed by atoms with Crippen LogP contribution in [0.3, 0.4) is 0 Å². The number of halogens is 1. The Kier molecular flexibility index (Phi) is 7.43. The third-order valence-corrected chi connectivity index (χ3v) is 5.21. The van der Waals surface area contributed by atoms with Crippen molar-refractivity contribution in [1.82, 2.24) is 4.98 Å². The van der Waals surface area contributed by atoms with E-state index in [0.29, 0.717) is 17.5 Å². The van der Waals surface area contributed by atoms with E-state index in [4.69, 9.17) is 9.47 Å². The summed E-state index contributed by atoms with van der Waals surface area (Å²) < 4.78 is 11.8. The van der Waals surface area contributed by atoms with Gasteiger partial charge < -0.3 is 9.47 Å². The fourth-order valence-corrected chi connectivity index (χ4v) is 3.65. The van der Waals surface area contributed by atoms with Gasteiger partial charge in [-0.15, -0.1) is 11.3 Å². The van der Waals surface area contributed by atoms with Crippen molar-refractivity contribution in [3.8, 4) is 22.8 Å². The molecule has 0 radical (unpaired) electrons. The summed E-state index contributed by atoms with van der Waals surface area (Å²) in [7, 11) is 1.60. The van der Waals surface area contributed by atoms with Gasteiger partial charge in [0.2, 0.25) is 5.91 Å². The third kappa shape index (κ3) is 5.92. The lowest BCUT2D eigenvalue weighted by molar-refractivity contribution is -0.111. The molecule has 2 aromatic carbocycles. The lowest BCUT2D eigenvalue weighted by atomic mass is 10.2. The first-order valence-corrected chi connectivity index (χ1v) is 10.8. The van der Waals surface area contributed by atoms with Crippen LogP contribution in [0, 0.1) is 0 Å². The summed E-state index contributed by atoms with van der Waals surface area (Å²) in [6.07, 6.45) is 4.15. The van der Waals surface area contributed by atoms with E-state index in [-0.39, 0.29) is 5.91 Å². The Morgan fingerprint density at radius 3 is 2.76 bits per heavy atom. The normalized spacial score (nSPS) is 10.9. The van der Waals surface area contributed by atoms with Gasteiger partial charge in [0.1, 0.15) is 11.5 Å². The number of carbonyl (C=O) groups excluding carboxylic acids is 1. The molecule has 0 aliphatic rings. The van der Waals surface area contributed by atoms with E-state index in [1.807, 2.05) is 47.8 Å². The molecule has 0 fully saturated rings. The molecule has 1 N–H and O–H groups in total. The van der Waals surface area contributed by atoms with E-state index in [1.54, 1.807) is 13.2 Å². The Morgan fingerprint density at radius 1 is 1.24 bits per heavy atom. The van der Waals surface area contributed by atoms with Crippen molar-refractivity contribution in [2.24, 2.45) is 0 Å². The van der Waals surface area contributed by atoms with Crippen LogP contribution in [0.4, 0.5) is 5.13 Å². The van der Waals surface area contributed by atoms with Crippen molar-refractivity contribution >= 4 is 44.4 Å². The van der Waals surface area contributed by atoms with Gasteiger partial charge in [0.25, 0.3) is 0 Å². The standard InChI is InChI=1S/C22H21BrN2O3S/c1-3-12-28-18-8-4-15(5-9-18)19-14-29-22(24-19)25-21(26)11-6-16-13-17(23)7-10-20(16)27-2/h4-11,13-14H,3,12H2,1-2H3,(H,24,25,26)/b11-6+. The number of ether oxygens (including phenoxy) is 2. The minimum absolute atomic E-state index is 0.253. The van der Waals surface area contributed by atoms with Gasteiger partial charge >= 0.3 is 0 Å². The van der Waals surface area contributed by atoms with Crippen molar-refractivity contribution < 1.29 is 14.3 Å². The number of hydrogen-bond acceptors (Lipinski definition) is 5. The maximum Gasteiger partial charge on any atom is 0.250 e. The van der Waals surface area contributed by atoms with Gasteiger partial charge in [-0.2, -0.15) is 0 Å². The molecule has 1 amide bonds. The van der Waals surface area contributed by atoms with Gasteiger partial charge in [-0.1, -0.05) is 22.9 Å². The second kappa shape index (κ2) is 10.2. The number of amides is 1. The zero-order valence-electron chi connectivity index (χ0n) is 16.1. The fourth-order valence-electron chi connectivity index (χ4n) is 2.55. The highest BCUT2D eigenvalue weighted by molar-refractivity contribution is 9.10. The van der Waals surface area contributed by atoms with Gasteiger partial charge in [-0.05, 0) is 55.0 Å². The van der Waals surface area contributed by atoms with Crippen molar-refractivity contribution in [2.75, 3.05) is 19.0 Å². The molecule has 0 atom stereocenters. The van der Waals surface area contributed by atoms with Gasteiger partial charge in [-0.3, -0.25) is 10.1 Å². The monoisotopic (exact) mass is 472 g/mol. The SMILES string of the molecule is CCCOc1ccc(-c2csc(NC(=O)/C=C/c3cc(Br)ccc3OC)n2)cc1. The van der Waals surface area contributed by atoms with Crippen LogP contribution < -0.4 is 14.8 Å². The Balaban J connectivity index is 1.64.